The zero-order valence-electron chi connectivity index (χ0n) is 13.4. The Balaban J connectivity index is 1.60. The smallest absolute Gasteiger partial charge is 0.293 e. The molecule has 0 radical (unpaired) electrons. The minimum Gasteiger partial charge on any atom is -0.374 e. The van der Waals surface area contributed by atoms with Crippen molar-refractivity contribution < 1.29 is 9.26 Å². The Hall–Kier alpha value is -2.19. The first-order chi connectivity index (χ1) is 11.1. The summed E-state index contributed by atoms with van der Waals surface area (Å²) < 4.78 is 12.2. The van der Waals surface area contributed by atoms with E-state index in [1.54, 1.807) is 25.7 Å². The van der Waals surface area contributed by atoms with E-state index in [0.29, 0.717) is 19.0 Å². The summed E-state index contributed by atoms with van der Waals surface area (Å²) in [6.07, 6.45) is 4.88. The average molecular weight is 319 g/mol. The van der Waals surface area contributed by atoms with Gasteiger partial charge in [0.2, 0.25) is 0 Å². The molecule has 0 N–H and O–H groups in total. The summed E-state index contributed by atoms with van der Waals surface area (Å²) in [5.41, 5.74) is 0.808. The van der Waals surface area contributed by atoms with Gasteiger partial charge < -0.3 is 18.7 Å². The molecule has 0 bridgehead atoms. The fourth-order valence-corrected chi connectivity index (χ4v) is 2.72. The highest BCUT2D eigenvalue weighted by Crippen LogP contribution is 2.11. The number of rotatable bonds is 5. The van der Waals surface area contributed by atoms with Crippen LogP contribution < -0.4 is 10.5 Å². The van der Waals surface area contributed by atoms with Crippen molar-refractivity contribution in [3.05, 3.63) is 40.8 Å². The van der Waals surface area contributed by atoms with E-state index >= 15 is 0 Å². The van der Waals surface area contributed by atoms with Gasteiger partial charge >= 0.3 is 0 Å². The normalized spacial score (nSPS) is 19.0. The maximum absolute atomic E-state index is 12.1. The quantitative estimate of drug-likeness (QED) is 0.774. The molecule has 3 heterocycles. The summed E-state index contributed by atoms with van der Waals surface area (Å²) in [5.74, 6) is 0.437. The molecule has 0 aliphatic carbocycles. The molecule has 23 heavy (non-hydrogen) atoms. The van der Waals surface area contributed by atoms with E-state index in [4.69, 9.17) is 9.26 Å². The van der Waals surface area contributed by atoms with E-state index in [9.17, 15) is 4.79 Å². The number of aryl methyl sites for hydroxylation is 1. The van der Waals surface area contributed by atoms with Crippen molar-refractivity contribution in [2.45, 2.75) is 12.6 Å². The number of ether oxygens (including phenoxy) is 1. The lowest BCUT2D eigenvalue weighted by Crippen LogP contribution is -2.47. The van der Waals surface area contributed by atoms with Crippen LogP contribution in [-0.2, 0) is 18.3 Å². The monoisotopic (exact) mass is 319 g/mol. The van der Waals surface area contributed by atoms with Gasteiger partial charge in [-0.2, -0.15) is 0 Å². The highest BCUT2D eigenvalue weighted by atomic mass is 16.5. The van der Waals surface area contributed by atoms with Crippen LogP contribution in [0.3, 0.4) is 0 Å². The molecule has 8 nitrogen and oxygen atoms in total. The minimum atomic E-state index is -0.106. The summed E-state index contributed by atoms with van der Waals surface area (Å²) in [6.45, 7) is 3.66. The first-order valence-corrected chi connectivity index (χ1v) is 7.59. The van der Waals surface area contributed by atoms with E-state index in [1.165, 1.54) is 4.57 Å². The fourth-order valence-electron chi connectivity index (χ4n) is 2.72. The Morgan fingerprint density at radius 3 is 3.13 bits per heavy atom. The third-order valence-corrected chi connectivity index (χ3v) is 3.94. The number of hydrogen-bond donors (Lipinski definition) is 0. The zero-order chi connectivity index (χ0) is 16.2. The molecule has 1 aliphatic rings. The van der Waals surface area contributed by atoms with Crippen molar-refractivity contribution in [1.82, 2.24) is 19.6 Å². The van der Waals surface area contributed by atoms with Gasteiger partial charge in [0.25, 0.3) is 5.56 Å². The van der Waals surface area contributed by atoms with Gasteiger partial charge in [-0.05, 0) is 0 Å². The van der Waals surface area contributed by atoms with Crippen LogP contribution in [0.15, 0.2) is 34.0 Å². The van der Waals surface area contributed by atoms with Crippen molar-refractivity contribution in [3.8, 4) is 0 Å². The Morgan fingerprint density at radius 2 is 2.35 bits per heavy atom. The van der Waals surface area contributed by atoms with Gasteiger partial charge in [0.1, 0.15) is 6.26 Å². The third-order valence-electron chi connectivity index (χ3n) is 3.94. The third kappa shape index (κ3) is 3.77. The van der Waals surface area contributed by atoms with Crippen LogP contribution in [0.1, 0.15) is 5.69 Å². The lowest BCUT2D eigenvalue weighted by Gasteiger charge is -2.34. The maximum atomic E-state index is 12.1. The number of hydrogen-bond acceptors (Lipinski definition) is 7. The molecule has 1 fully saturated rings. The predicted octanol–water partition coefficient (Wildman–Crippen LogP) is 0.105. The van der Waals surface area contributed by atoms with Crippen LogP contribution in [-0.4, -0.2) is 59.0 Å². The van der Waals surface area contributed by atoms with E-state index in [1.807, 2.05) is 18.0 Å². The molecule has 1 aliphatic heterocycles. The number of nitrogens with zero attached hydrogens (tertiary/aromatic N) is 5. The standard InChI is InChI=1S/C15H21N5O3/c1-18-5-4-16-14(15(18)21)19(2)10-13-11-20(6-8-22-13)9-12-3-7-23-17-12/h3-5,7,13H,6,8-11H2,1-2H3/t13-/m0/s1. The fraction of sp³-hybridized carbons (Fsp3) is 0.533. The molecule has 2 aromatic heterocycles. The van der Waals surface area contributed by atoms with Gasteiger partial charge in [0.05, 0.1) is 18.4 Å². The highest BCUT2D eigenvalue weighted by Gasteiger charge is 2.23. The van der Waals surface area contributed by atoms with Crippen molar-refractivity contribution >= 4 is 5.82 Å². The van der Waals surface area contributed by atoms with E-state index in [0.717, 1.165) is 25.3 Å². The molecule has 2 aromatic rings. The number of aromatic nitrogens is 3. The summed E-state index contributed by atoms with van der Waals surface area (Å²) in [4.78, 5) is 20.4. The number of anilines is 1. The van der Waals surface area contributed by atoms with Gasteiger partial charge in [-0.25, -0.2) is 4.98 Å². The average Bonchev–Trinajstić information content (AvgIpc) is 3.03. The Morgan fingerprint density at radius 1 is 1.48 bits per heavy atom. The second kappa shape index (κ2) is 6.93. The molecule has 0 saturated carbocycles. The van der Waals surface area contributed by atoms with Crippen molar-refractivity contribution in [1.29, 1.82) is 0 Å². The van der Waals surface area contributed by atoms with E-state index in [-0.39, 0.29) is 11.7 Å². The first-order valence-electron chi connectivity index (χ1n) is 7.59. The van der Waals surface area contributed by atoms with Crippen molar-refractivity contribution in [2.75, 3.05) is 38.2 Å². The second-order valence-corrected chi connectivity index (χ2v) is 5.77. The Bertz CT molecular complexity index is 685. The lowest BCUT2D eigenvalue weighted by molar-refractivity contribution is -0.0271. The van der Waals surface area contributed by atoms with Crippen LogP contribution in [0.25, 0.3) is 0 Å². The molecule has 0 aromatic carbocycles. The first kappa shape index (κ1) is 15.7. The Labute approximate surface area is 134 Å². The van der Waals surface area contributed by atoms with Gasteiger partial charge in [-0.15, -0.1) is 0 Å². The van der Waals surface area contributed by atoms with Gasteiger partial charge in [-0.1, -0.05) is 5.16 Å². The van der Waals surface area contributed by atoms with Crippen LogP contribution in [0, 0.1) is 0 Å². The van der Waals surface area contributed by atoms with Crippen molar-refractivity contribution in [3.63, 3.8) is 0 Å². The van der Waals surface area contributed by atoms with Crippen LogP contribution in [0.2, 0.25) is 0 Å². The second-order valence-electron chi connectivity index (χ2n) is 5.77. The van der Waals surface area contributed by atoms with Crippen molar-refractivity contribution in [2.24, 2.45) is 7.05 Å². The SMILES string of the molecule is CN(C[C@H]1CN(Cc2ccon2)CCO1)c1nccn(C)c1=O. The molecule has 0 amide bonds. The predicted molar refractivity (Wildman–Crippen MR) is 84.3 cm³/mol. The molecular formula is C15H21N5O3. The van der Waals surface area contributed by atoms with Crippen LogP contribution in [0.4, 0.5) is 5.82 Å². The van der Waals surface area contributed by atoms with E-state index < -0.39 is 0 Å². The van der Waals surface area contributed by atoms with Crippen LogP contribution >= 0.6 is 0 Å². The van der Waals surface area contributed by atoms with Gasteiger partial charge in [-0.3, -0.25) is 9.69 Å². The number of morpholine rings is 1. The summed E-state index contributed by atoms with van der Waals surface area (Å²) in [6, 6.07) is 1.87. The molecule has 3 rings (SSSR count). The summed E-state index contributed by atoms with van der Waals surface area (Å²) >= 11 is 0. The molecule has 8 heteroatoms. The summed E-state index contributed by atoms with van der Waals surface area (Å²) in [7, 11) is 3.59. The highest BCUT2D eigenvalue weighted by molar-refractivity contribution is 5.34. The van der Waals surface area contributed by atoms with Gasteiger partial charge in [0, 0.05) is 58.7 Å². The van der Waals surface area contributed by atoms with E-state index in [2.05, 4.69) is 15.0 Å². The van der Waals surface area contributed by atoms with Gasteiger partial charge in [0.15, 0.2) is 5.82 Å². The number of likely N-dealkylation sites (N-methyl/N-ethyl adjacent to an activating group) is 1. The minimum absolute atomic E-state index is 0.0207. The molecular weight excluding hydrogens is 298 g/mol. The molecule has 0 unspecified atom stereocenters. The van der Waals surface area contributed by atoms with Crippen LogP contribution in [0.5, 0.6) is 0 Å². The zero-order valence-corrected chi connectivity index (χ0v) is 13.4. The Kier molecular flexibility index (Phi) is 4.73. The molecule has 1 atom stereocenters. The summed E-state index contributed by atoms with van der Waals surface area (Å²) in [5, 5.41) is 3.94. The lowest BCUT2D eigenvalue weighted by atomic mass is 10.2. The maximum Gasteiger partial charge on any atom is 0.293 e. The largest absolute Gasteiger partial charge is 0.374 e. The molecule has 0 spiro atoms. The molecule has 124 valence electrons. The molecule has 1 saturated heterocycles. The topological polar surface area (TPSA) is 76.6 Å².